The molecule has 2 aromatic rings. The minimum atomic E-state index is -0.344. The van der Waals surface area contributed by atoms with Crippen LogP contribution in [0.2, 0.25) is 0 Å². The summed E-state index contributed by atoms with van der Waals surface area (Å²) in [6, 6.07) is 10.6. The molecule has 0 radical (unpaired) electrons. The molecule has 2 amide bonds. The largest absolute Gasteiger partial charge is 0.351 e. The van der Waals surface area contributed by atoms with Crippen molar-refractivity contribution < 1.29 is 9.59 Å². The molecule has 0 aliphatic rings. The molecule has 1 aromatic heterocycles. The van der Waals surface area contributed by atoms with Gasteiger partial charge < -0.3 is 15.5 Å². The first-order valence-corrected chi connectivity index (χ1v) is 7.72. The Kier molecular flexibility index (Phi) is 6.03. The standard InChI is InChI=1S/C18H22N4O2/c1-13-5-4-6-15(11-13)21-18(24)16-12-14(7-8-19-16)17(23)20-9-10-22(2)3/h4-8,11-12H,9-10H2,1-3H3,(H,20,23)(H,21,24). The van der Waals surface area contributed by atoms with Crippen LogP contribution in [0, 0.1) is 6.92 Å². The molecule has 2 rings (SSSR count). The Labute approximate surface area is 141 Å². The average Bonchev–Trinajstić information content (AvgIpc) is 2.54. The number of pyridine rings is 1. The van der Waals surface area contributed by atoms with E-state index in [0.717, 1.165) is 12.1 Å². The monoisotopic (exact) mass is 326 g/mol. The number of rotatable bonds is 6. The first kappa shape index (κ1) is 17.6. The maximum absolute atomic E-state index is 12.3. The third-order valence-corrected chi connectivity index (χ3v) is 3.38. The average molecular weight is 326 g/mol. The molecule has 1 heterocycles. The normalized spacial score (nSPS) is 10.5. The van der Waals surface area contributed by atoms with Gasteiger partial charge in [-0.25, -0.2) is 0 Å². The zero-order chi connectivity index (χ0) is 17.5. The molecule has 6 nitrogen and oxygen atoms in total. The van der Waals surface area contributed by atoms with E-state index in [-0.39, 0.29) is 17.5 Å². The first-order valence-electron chi connectivity index (χ1n) is 7.72. The number of hydrogen-bond donors (Lipinski definition) is 2. The molecule has 1 aromatic carbocycles. The summed E-state index contributed by atoms with van der Waals surface area (Å²) in [5, 5.41) is 5.60. The molecule has 24 heavy (non-hydrogen) atoms. The number of hydrogen-bond acceptors (Lipinski definition) is 4. The predicted octanol–water partition coefficient (Wildman–Crippen LogP) is 1.93. The van der Waals surface area contributed by atoms with E-state index >= 15 is 0 Å². The van der Waals surface area contributed by atoms with E-state index in [2.05, 4.69) is 15.6 Å². The van der Waals surface area contributed by atoms with Gasteiger partial charge >= 0.3 is 0 Å². The lowest BCUT2D eigenvalue weighted by atomic mass is 10.2. The van der Waals surface area contributed by atoms with E-state index in [1.165, 1.54) is 12.3 Å². The minimum Gasteiger partial charge on any atom is -0.351 e. The topological polar surface area (TPSA) is 74.3 Å². The number of aromatic nitrogens is 1. The molecular formula is C18H22N4O2. The summed E-state index contributed by atoms with van der Waals surface area (Å²) in [5.74, 6) is -0.563. The number of amides is 2. The maximum atomic E-state index is 12.3. The molecule has 2 N–H and O–H groups in total. The van der Waals surface area contributed by atoms with Crippen LogP contribution in [0.15, 0.2) is 42.6 Å². The van der Waals surface area contributed by atoms with E-state index in [1.54, 1.807) is 6.07 Å². The molecule has 0 aliphatic carbocycles. The van der Waals surface area contributed by atoms with E-state index < -0.39 is 0 Å². The zero-order valence-electron chi connectivity index (χ0n) is 14.2. The highest BCUT2D eigenvalue weighted by Crippen LogP contribution is 2.11. The SMILES string of the molecule is Cc1cccc(NC(=O)c2cc(C(=O)NCCN(C)C)ccn2)c1. The first-order chi connectivity index (χ1) is 11.5. The van der Waals surface area contributed by atoms with Crippen molar-refractivity contribution in [1.82, 2.24) is 15.2 Å². The Hall–Kier alpha value is -2.73. The van der Waals surface area contributed by atoms with Crippen LogP contribution in [0.1, 0.15) is 26.4 Å². The number of likely N-dealkylation sites (N-methyl/N-ethyl adjacent to an activating group) is 1. The van der Waals surface area contributed by atoms with E-state index in [9.17, 15) is 9.59 Å². The fourth-order valence-corrected chi connectivity index (χ4v) is 2.11. The number of benzene rings is 1. The van der Waals surface area contributed by atoms with Crippen molar-refractivity contribution in [2.75, 3.05) is 32.5 Å². The van der Waals surface area contributed by atoms with Crippen molar-refractivity contribution in [2.24, 2.45) is 0 Å². The van der Waals surface area contributed by atoms with Gasteiger partial charge in [0.2, 0.25) is 0 Å². The molecule has 0 spiro atoms. The summed E-state index contributed by atoms with van der Waals surface area (Å²) in [6.07, 6.45) is 1.46. The summed E-state index contributed by atoms with van der Waals surface area (Å²) in [5.41, 5.74) is 2.37. The van der Waals surface area contributed by atoms with Gasteiger partial charge in [0.1, 0.15) is 5.69 Å². The van der Waals surface area contributed by atoms with Gasteiger partial charge in [-0.3, -0.25) is 14.6 Å². The number of nitrogens with zero attached hydrogens (tertiary/aromatic N) is 2. The maximum Gasteiger partial charge on any atom is 0.274 e. The lowest BCUT2D eigenvalue weighted by molar-refractivity contribution is 0.0951. The Bertz CT molecular complexity index is 728. The minimum absolute atomic E-state index is 0.205. The fourth-order valence-electron chi connectivity index (χ4n) is 2.11. The quantitative estimate of drug-likeness (QED) is 0.851. The number of nitrogens with one attached hydrogen (secondary N) is 2. The molecule has 0 aliphatic heterocycles. The van der Waals surface area contributed by atoms with Gasteiger partial charge in [-0.1, -0.05) is 12.1 Å². The van der Waals surface area contributed by atoms with Gasteiger partial charge in [0.15, 0.2) is 0 Å². The van der Waals surface area contributed by atoms with Crippen LogP contribution >= 0.6 is 0 Å². The van der Waals surface area contributed by atoms with Gasteiger partial charge in [-0.15, -0.1) is 0 Å². The lowest BCUT2D eigenvalue weighted by Gasteiger charge is -2.11. The molecule has 0 fully saturated rings. The third kappa shape index (κ3) is 5.17. The Morgan fingerprint density at radius 1 is 1.12 bits per heavy atom. The number of carbonyl (C=O) groups is 2. The molecule has 6 heteroatoms. The summed E-state index contributed by atoms with van der Waals surface area (Å²) >= 11 is 0. The second-order valence-electron chi connectivity index (χ2n) is 5.81. The predicted molar refractivity (Wildman–Crippen MR) is 94.3 cm³/mol. The van der Waals surface area contributed by atoms with Crippen molar-refractivity contribution in [3.05, 3.63) is 59.4 Å². The summed E-state index contributed by atoms with van der Waals surface area (Å²) < 4.78 is 0. The van der Waals surface area contributed by atoms with Crippen LogP contribution in [-0.4, -0.2) is 48.9 Å². The second kappa shape index (κ2) is 8.21. The van der Waals surface area contributed by atoms with Gasteiger partial charge in [0, 0.05) is 30.5 Å². The number of anilines is 1. The summed E-state index contributed by atoms with van der Waals surface area (Å²) in [6.45, 7) is 3.24. The van der Waals surface area contributed by atoms with Crippen molar-refractivity contribution in [3.8, 4) is 0 Å². The zero-order valence-corrected chi connectivity index (χ0v) is 14.2. The van der Waals surface area contributed by atoms with Gasteiger partial charge in [0.25, 0.3) is 11.8 Å². The van der Waals surface area contributed by atoms with Crippen LogP contribution in [0.5, 0.6) is 0 Å². The van der Waals surface area contributed by atoms with Crippen LogP contribution in [0.4, 0.5) is 5.69 Å². The van der Waals surface area contributed by atoms with Crippen LogP contribution < -0.4 is 10.6 Å². The lowest BCUT2D eigenvalue weighted by Crippen LogP contribution is -2.31. The second-order valence-corrected chi connectivity index (χ2v) is 5.81. The third-order valence-electron chi connectivity index (χ3n) is 3.38. The van der Waals surface area contributed by atoms with Crippen molar-refractivity contribution >= 4 is 17.5 Å². The van der Waals surface area contributed by atoms with Crippen molar-refractivity contribution in [3.63, 3.8) is 0 Å². The number of carbonyl (C=O) groups excluding carboxylic acids is 2. The van der Waals surface area contributed by atoms with Crippen LogP contribution in [-0.2, 0) is 0 Å². The Morgan fingerprint density at radius 2 is 1.92 bits per heavy atom. The van der Waals surface area contributed by atoms with Gasteiger partial charge in [-0.2, -0.15) is 0 Å². The number of aryl methyl sites for hydroxylation is 1. The summed E-state index contributed by atoms with van der Waals surface area (Å²) in [4.78, 5) is 30.4. The van der Waals surface area contributed by atoms with E-state index in [4.69, 9.17) is 0 Å². The summed E-state index contributed by atoms with van der Waals surface area (Å²) in [7, 11) is 3.87. The molecule has 0 bridgehead atoms. The smallest absolute Gasteiger partial charge is 0.274 e. The molecule has 0 atom stereocenters. The molecule has 0 saturated heterocycles. The highest BCUT2D eigenvalue weighted by atomic mass is 16.2. The Balaban J connectivity index is 2.03. The van der Waals surface area contributed by atoms with Crippen LogP contribution in [0.25, 0.3) is 0 Å². The van der Waals surface area contributed by atoms with Gasteiger partial charge in [0.05, 0.1) is 0 Å². The van der Waals surface area contributed by atoms with Crippen molar-refractivity contribution in [2.45, 2.75) is 6.92 Å². The molecule has 126 valence electrons. The molecular weight excluding hydrogens is 304 g/mol. The fraction of sp³-hybridized carbons (Fsp3) is 0.278. The van der Waals surface area contributed by atoms with E-state index in [0.29, 0.717) is 17.8 Å². The molecule has 0 unspecified atom stereocenters. The Morgan fingerprint density at radius 3 is 2.62 bits per heavy atom. The van der Waals surface area contributed by atoms with Crippen LogP contribution in [0.3, 0.4) is 0 Å². The van der Waals surface area contributed by atoms with E-state index in [1.807, 2.05) is 50.2 Å². The highest BCUT2D eigenvalue weighted by Gasteiger charge is 2.12. The van der Waals surface area contributed by atoms with Crippen molar-refractivity contribution in [1.29, 1.82) is 0 Å². The molecule has 0 saturated carbocycles. The highest BCUT2D eigenvalue weighted by molar-refractivity contribution is 6.04. The van der Waals surface area contributed by atoms with Gasteiger partial charge in [-0.05, 0) is 50.8 Å².